The largest absolute Gasteiger partial charge is 0.357 e. The molecule has 1 aromatic rings. The smallest absolute Gasteiger partial charge is 0.253 e. The molecule has 0 bridgehead atoms. The Morgan fingerprint density at radius 3 is 2.47 bits per heavy atom. The first-order chi connectivity index (χ1) is 14.7. The predicted molar refractivity (Wildman–Crippen MR) is 119 cm³/mol. The van der Waals surface area contributed by atoms with Gasteiger partial charge in [-0.1, -0.05) is 12.1 Å². The average molecular weight is 414 g/mol. The summed E-state index contributed by atoms with van der Waals surface area (Å²) in [5, 5.41) is 6.60. The summed E-state index contributed by atoms with van der Waals surface area (Å²) in [7, 11) is 0. The molecule has 3 rings (SSSR count). The third-order valence-corrected chi connectivity index (χ3v) is 5.68. The minimum absolute atomic E-state index is 0.135. The van der Waals surface area contributed by atoms with Crippen LogP contribution in [-0.2, 0) is 11.3 Å². The SMILES string of the molecule is CCNC(=NCc1ccc(C(=O)N2CCCCC2)cc1)NCCCN1CCCC1=O. The van der Waals surface area contributed by atoms with Crippen LogP contribution in [0.15, 0.2) is 29.3 Å². The maximum Gasteiger partial charge on any atom is 0.253 e. The van der Waals surface area contributed by atoms with E-state index in [-0.39, 0.29) is 11.8 Å². The number of nitrogens with one attached hydrogen (secondary N) is 2. The zero-order valence-corrected chi connectivity index (χ0v) is 18.2. The minimum Gasteiger partial charge on any atom is -0.357 e. The second-order valence-corrected chi connectivity index (χ2v) is 8.01. The lowest BCUT2D eigenvalue weighted by Crippen LogP contribution is -2.39. The number of guanidine groups is 1. The Balaban J connectivity index is 1.46. The second kappa shape index (κ2) is 11.6. The molecule has 2 fully saturated rings. The van der Waals surface area contributed by atoms with Crippen molar-refractivity contribution in [1.82, 2.24) is 20.4 Å². The molecular formula is C23H35N5O2. The van der Waals surface area contributed by atoms with Crippen molar-refractivity contribution < 1.29 is 9.59 Å². The molecule has 0 aliphatic carbocycles. The highest BCUT2D eigenvalue weighted by atomic mass is 16.2. The summed E-state index contributed by atoms with van der Waals surface area (Å²) in [6.07, 6.45) is 6.02. The van der Waals surface area contributed by atoms with Gasteiger partial charge in [-0.2, -0.15) is 0 Å². The lowest BCUT2D eigenvalue weighted by molar-refractivity contribution is -0.127. The van der Waals surface area contributed by atoms with E-state index >= 15 is 0 Å². The Labute approximate surface area is 179 Å². The van der Waals surface area contributed by atoms with Crippen LogP contribution in [0.2, 0.25) is 0 Å². The third-order valence-electron chi connectivity index (χ3n) is 5.68. The van der Waals surface area contributed by atoms with Gasteiger partial charge >= 0.3 is 0 Å². The van der Waals surface area contributed by atoms with Crippen LogP contribution in [0.4, 0.5) is 0 Å². The molecule has 164 valence electrons. The molecule has 2 aliphatic heterocycles. The van der Waals surface area contributed by atoms with Crippen molar-refractivity contribution in [3.8, 4) is 0 Å². The fraction of sp³-hybridized carbons (Fsp3) is 0.609. The normalized spacial score (nSPS) is 17.4. The third kappa shape index (κ3) is 6.47. The maximum absolute atomic E-state index is 12.6. The number of carbonyl (C=O) groups is 2. The van der Waals surface area contributed by atoms with Crippen LogP contribution in [0.25, 0.3) is 0 Å². The van der Waals surface area contributed by atoms with Crippen LogP contribution in [0.1, 0.15) is 61.4 Å². The molecule has 0 unspecified atom stereocenters. The molecule has 1 aromatic carbocycles. The quantitative estimate of drug-likeness (QED) is 0.390. The Kier molecular flexibility index (Phi) is 8.53. The van der Waals surface area contributed by atoms with E-state index in [1.165, 1.54) is 6.42 Å². The summed E-state index contributed by atoms with van der Waals surface area (Å²) in [5.41, 5.74) is 1.83. The van der Waals surface area contributed by atoms with Gasteiger partial charge in [0.25, 0.3) is 5.91 Å². The molecule has 0 atom stereocenters. The number of benzene rings is 1. The number of hydrogen-bond acceptors (Lipinski definition) is 3. The molecule has 0 aromatic heterocycles. The molecule has 2 saturated heterocycles. The number of carbonyl (C=O) groups excluding carboxylic acids is 2. The molecule has 2 aliphatic rings. The lowest BCUT2D eigenvalue weighted by atomic mass is 10.1. The molecule has 7 nitrogen and oxygen atoms in total. The van der Waals surface area contributed by atoms with Gasteiger partial charge < -0.3 is 20.4 Å². The number of hydrogen-bond donors (Lipinski definition) is 2. The molecule has 2 heterocycles. The van der Waals surface area contributed by atoms with Crippen molar-refractivity contribution in [2.45, 2.75) is 52.0 Å². The summed E-state index contributed by atoms with van der Waals surface area (Å²) < 4.78 is 0. The van der Waals surface area contributed by atoms with Crippen LogP contribution in [0.5, 0.6) is 0 Å². The summed E-state index contributed by atoms with van der Waals surface area (Å²) >= 11 is 0. The second-order valence-electron chi connectivity index (χ2n) is 8.01. The molecule has 2 N–H and O–H groups in total. The van der Waals surface area contributed by atoms with Gasteiger partial charge in [-0.25, -0.2) is 4.99 Å². The number of nitrogens with zero attached hydrogens (tertiary/aromatic N) is 3. The van der Waals surface area contributed by atoms with E-state index in [4.69, 9.17) is 0 Å². The van der Waals surface area contributed by atoms with Gasteiger partial charge in [0.2, 0.25) is 5.91 Å². The van der Waals surface area contributed by atoms with Crippen LogP contribution in [0, 0.1) is 0 Å². The first-order valence-electron chi connectivity index (χ1n) is 11.4. The molecule has 2 amide bonds. The van der Waals surface area contributed by atoms with Gasteiger partial charge in [-0.15, -0.1) is 0 Å². The topological polar surface area (TPSA) is 77.0 Å². The molecule has 0 radical (unpaired) electrons. The van der Waals surface area contributed by atoms with E-state index in [1.807, 2.05) is 41.0 Å². The lowest BCUT2D eigenvalue weighted by Gasteiger charge is -2.26. The van der Waals surface area contributed by atoms with E-state index in [9.17, 15) is 9.59 Å². The summed E-state index contributed by atoms with van der Waals surface area (Å²) in [6, 6.07) is 7.80. The monoisotopic (exact) mass is 413 g/mol. The van der Waals surface area contributed by atoms with Gasteiger partial charge in [0.15, 0.2) is 5.96 Å². The summed E-state index contributed by atoms with van der Waals surface area (Å²) in [4.78, 5) is 32.8. The van der Waals surface area contributed by atoms with Crippen LogP contribution in [-0.4, -0.2) is 66.8 Å². The fourth-order valence-electron chi connectivity index (χ4n) is 3.96. The Hall–Kier alpha value is -2.57. The number of likely N-dealkylation sites (tertiary alicyclic amines) is 2. The number of piperidine rings is 1. The van der Waals surface area contributed by atoms with Gasteiger partial charge in [0, 0.05) is 51.3 Å². The van der Waals surface area contributed by atoms with Crippen molar-refractivity contribution >= 4 is 17.8 Å². The highest BCUT2D eigenvalue weighted by Gasteiger charge is 2.19. The van der Waals surface area contributed by atoms with Gasteiger partial charge in [0.05, 0.1) is 6.54 Å². The van der Waals surface area contributed by atoms with E-state index < -0.39 is 0 Å². The van der Waals surface area contributed by atoms with Crippen molar-refractivity contribution in [1.29, 1.82) is 0 Å². The Bertz CT molecular complexity index is 726. The number of aliphatic imine (C=N–C) groups is 1. The average Bonchev–Trinajstić information content (AvgIpc) is 3.20. The van der Waals surface area contributed by atoms with E-state index in [0.29, 0.717) is 13.0 Å². The van der Waals surface area contributed by atoms with Gasteiger partial charge in [-0.05, 0) is 56.7 Å². The number of amides is 2. The van der Waals surface area contributed by atoms with Crippen molar-refractivity contribution in [2.24, 2.45) is 4.99 Å². The highest BCUT2D eigenvalue weighted by Crippen LogP contribution is 2.14. The van der Waals surface area contributed by atoms with Crippen LogP contribution in [0.3, 0.4) is 0 Å². The Morgan fingerprint density at radius 2 is 1.80 bits per heavy atom. The fourth-order valence-corrected chi connectivity index (χ4v) is 3.96. The summed E-state index contributed by atoms with van der Waals surface area (Å²) in [6.45, 7) is 7.60. The first-order valence-corrected chi connectivity index (χ1v) is 11.4. The van der Waals surface area contributed by atoms with Crippen LogP contribution < -0.4 is 10.6 Å². The predicted octanol–water partition coefficient (Wildman–Crippen LogP) is 2.38. The van der Waals surface area contributed by atoms with Crippen molar-refractivity contribution in [3.05, 3.63) is 35.4 Å². The van der Waals surface area contributed by atoms with Crippen molar-refractivity contribution in [2.75, 3.05) is 39.3 Å². The zero-order chi connectivity index (χ0) is 21.2. The first kappa shape index (κ1) is 22.1. The Morgan fingerprint density at radius 1 is 1.03 bits per heavy atom. The molecule has 30 heavy (non-hydrogen) atoms. The van der Waals surface area contributed by atoms with Gasteiger partial charge in [-0.3, -0.25) is 9.59 Å². The van der Waals surface area contributed by atoms with E-state index in [2.05, 4.69) is 15.6 Å². The molecule has 0 saturated carbocycles. The van der Waals surface area contributed by atoms with Crippen LogP contribution >= 0.6 is 0 Å². The van der Waals surface area contributed by atoms with E-state index in [0.717, 1.165) is 82.0 Å². The molecule has 7 heteroatoms. The number of rotatable bonds is 8. The van der Waals surface area contributed by atoms with E-state index in [1.54, 1.807) is 0 Å². The van der Waals surface area contributed by atoms with Gasteiger partial charge in [0.1, 0.15) is 0 Å². The maximum atomic E-state index is 12.6. The highest BCUT2D eigenvalue weighted by molar-refractivity contribution is 5.94. The molecular weight excluding hydrogens is 378 g/mol. The minimum atomic E-state index is 0.135. The zero-order valence-electron chi connectivity index (χ0n) is 18.2. The summed E-state index contributed by atoms with van der Waals surface area (Å²) in [5.74, 6) is 1.19. The van der Waals surface area contributed by atoms with Crippen molar-refractivity contribution in [3.63, 3.8) is 0 Å². The molecule has 0 spiro atoms. The standard InChI is InChI=1S/C23H35N5O2/c1-2-24-23(25-13-7-17-27-16-6-8-21(27)29)26-18-19-9-11-20(12-10-19)22(30)28-14-4-3-5-15-28/h9-12H,2-8,13-18H2,1H3,(H2,24,25,26).